The van der Waals surface area contributed by atoms with Crippen molar-refractivity contribution in [3.05, 3.63) is 59.2 Å². The minimum atomic E-state index is -1.13. The maximum atomic E-state index is 12.4. The second kappa shape index (κ2) is 13.9. The Bertz CT molecular complexity index is 1280. The monoisotopic (exact) mass is 590 g/mol. The van der Waals surface area contributed by atoms with Crippen LogP contribution >= 0.6 is 0 Å². The van der Waals surface area contributed by atoms with Gasteiger partial charge < -0.3 is 28.8 Å². The topological polar surface area (TPSA) is 198 Å². The van der Waals surface area contributed by atoms with Gasteiger partial charge in [0.05, 0.1) is 29.8 Å². The summed E-state index contributed by atoms with van der Waals surface area (Å²) in [5, 5.41) is 16.9. The molecule has 2 N–H and O–H groups in total. The summed E-state index contributed by atoms with van der Waals surface area (Å²) < 4.78 is 25.4. The summed E-state index contributed by atoms with van der Waals surface area (Å²) in [5.41, 5.74) is -0.930. The SMILES string of the molecule is CC1(C(=O)OCCO)C/C1=C\C(=O)OCCOC(=O)c1ccc(C(=O)OCC2CC2(C)OC(=O)/C=C/C(=O)OO)cc1. The molecule has 42 heavy (non-hydrogen) atoms. The summed E-state index contributed by atoms with van der Waals surface area (Å²) in [4.78, 5) is 74.4. The highest BCUT2D eigenvalue weighted by atomic mass is 17.1. The van der Waals surface area contributed by atoms with Gasteiger partial charge in [0.15, 0.2) is 0 Å². The predicted octanol–water partition coefficient (Wildman–Crippen LogP) is 1.31. The molecule has 0 spiro atoms. The van der Waals surface area contributed by atoms with Gasteiger partial charge in [-0.1, -0.05) is 0 Å². The quantitative estimate of drug-likeness (QED) is 0.0785. The Kier molecular flexibility index (Phi) is 10.6. The molecule has 3 rings (SSSR count). The molecule has 0 heterocycles. The van der Waals surface area contributed by atoms with Crippen LogP contribution in [0.4, 0.5) is 0 Å². The summed E-state index contributed by atoms with van der Waals surface area (Å²) in [6.07, 6.45) is 3.46. The molecule has 0 aromatic heterocycles. The Morgan fingerprint density at radius 2 is 1.43 bits per heavy atom. The third-order valence-corrected chi connectivity index (χ3v) is 6.66. The molecular formula is C28H30O14. The number of esters is 5. The first-order chi connectivity index (χ1) is 19.9. The number of hydrogen-bond donors (Lipinski definition) is 2. The zero-order valence-electron chi connectivity index (χ0n) is 22.9. The van der Waals surface area contributed by atoms with E-state index in [2.05, 4.69) is 4.89 Å². The zero-order chi connectivity index (χ0) is 30.9. The minimum absolute atomic E-state index is 0.0305. The Labute approximate surface area is 239 Å². The van der Waals surface area contributed by atoms with E-state index in [1.54, 1.807) is 13.8 Å². The number of aliphatic hydroxyl groups excluding tert-OH is 1. The van der Waals surface area contributed by atoms with Gasteiger partial charge in [-0.05, 0) is 56.5 Å². The smallest absolute Gasteiger partial charge is 0.365 e. The first-order valence-electron chi connectivity index (χ1n) is 12.8. The van der Waals surface area contributed by atoms with Gasteiger partial charge >= 0.3 is 35.8 Å². The van der Waals surface area contributed by atoms with Crippen LogP contribution in [0.3, 0.4) is 0 Å². The normalized spacial score (nSPS) is 23.0. The van der Waals surface area contributed by atoms with Crippen LogP contribution in [0.5, 0.6) is 0 Å². The fraction of sp³-hybridized carbons (Fsp3) is 0.429. The van der Waals surface area contributed by atoms with E-state index in [0.29, 0.717) is 24.5 Å². The van der Waals surface area contributed by atoms with E-state index in [9.17, 15) is 28.8 Å². The average molecular weight is 591 g/mol. The fourth-order valence-corrected chi connectivity index (χ4v) is 3.81. The number of hydrogen-bond acceptors (Lipinski definition) is 14. The van der Waals surface area contributed by atoms with E-state index in [-0.39, 0.29) is 50.1 Å². The number of aliphatic hydroxyl groups is 1. The van der Waals surface area contributed by atoms with Crippen molar-refractivity contribution in [1.29, 1.82) is 0 Å². The van der Waals surface area contributed by atoms with Crippen molar-refractivity contribution in [2.75, 3.05) is 33.0 Å². The molecule has 0 aliphatic heterocycles. The molecular weight excluding hydrogens is 560 g/mol. The van der Waals surface area contributed by atoms with Crippen LogP contribution in [0.25, 0.3) is 0 Å². The summed E-state index contributed by atoms with van der Waals surface area (Å²) in [6, 6.07) is 5.48. The fourth-order valence-electron chi connectivity index (χ4n) is 3.81. The van der Waals surface area contributed by atoms with Crippen LogP contribution in [0.1, 0.15) is 47.4 Å². The molecule has 0 bridgehead atoms. The molecule has 3 atom stereocenters. The Morgan fingerprint density at radius 1 is 0.833 bits per heavy atom. The molecule has 2 fully saturated rings. The predicted molar refractivity (Wildman–Crippen MR) is 137 cm³/mol. The lowest BCUT2D eigenvalue weighted by atomic mass is 10.1. The van der Waals surface area contributed by atoms with E-state index in [0.717, 1.165) is 6.08 Å². The summed E-state index contributed by atoms with van der Waals surface area (Å²) in [6.45, 7) is 2.37. The van der Waals surface area contributed by atoms with Crippen molar-refractivity contribution in [1.82, 2.24) is 0 Å². The van der Waals surface area contributed by atoms with Crippen molar-refractivity contribution < 1.29 is 67.7 Å². The van der Waals surface area contributed by atoms with Crippen LogP contribution in [0.15, 0.2) is 48.1 Å². The number of carbonyl (C=O) groups is 6. The number of ether oxygens (including phenoxy) is 5. The van der Waals surface area contributed by atoms with Crippen molar-refractivity contribution in [3.8, 4) is 0 Å². The highest BCUT2D eigenvalue weighted by Gasteiger charge is 2.54. The molecule has 226 valence electrons. The first-order valence-corrected chi connectivity index (χ1v) is 12.8. The lowest BCUT2D eigenvalue weighted by molar-refractivity contribution is -0.228. The van der Waals surface area contributed by atoms with Crippen LogP contribution in [-0.2, 0) is 47.8 Å². The molecule has 1 aromatic carbocycles. The van der Waals surface area contributed by atoms with E-state index in [1.807, 2.05) is 0 Å². The minimum Gasteiger partial charge on any atom is -0.463 e. The maximum absolute atomic E-state index is 12.4. The molecule has 0 amide bonds. The van der Waals surface area contributed by atoms with Gasteiger partial charge in [0.2, 0.25) is 0 Å². The lowest BCUT2D eigenvalue weighted by Gasteiger charge is -2.12. The van der Waals surface area contributed by atoms with Crippen molar-refractivity contribution in [2.24, 2.45) is 11.3 Å². The molecule has 2 aliphatic carbocycles. The summed E-state index contributed by atoms with van der Waals surface area (Å²) in [7, 11) is 0. The van der Waals surface area contributed by atoms with E-state index in [1.165, 1.54) is 30.3 Å². The van der Waals surface area contributed by atoms with Gasteiger partial charge in [-0.25, -0.2) is 24.0 Å². The second-order valence-electron chi connectivity index (χ2n) is 9.90. The summed E-state index contributed by atoms with van der Waals surface area (Å²) in [5.74, 6) is -4.81. The molecule has 0 saturated heterocycles. The third kappa shape index (κ3) is 8.72. The molecule has 14 heteroatoms. The van der Waals surface area contributed by atoms with Crippen LogP contribution in [-0.4, -0.2) is 84.8 Å². The van der Waals surface area contributed by atoms with Gasteiger partial charge in [-0.2, -0.15) is 5.26 Å². The number of rotatable bonds is 14. The zero-order valence-corrected chi connectivity index (χ0v) is 22.9. The van der Waals surface area contributed by atoms with Gasteiger partial charge in [0, 0.05) is 24.1 Å². The third-order valence-electron chi connectivity index (χ3n) is 6.66. The Balaban J connectivity index is 1.35. The number of carbonyl (C=O) groups excluding carboxylic acids is 6. The highest BCUT2D eigenvalue weighted by Crippen LogP contribution is 2.52. The van der Waals surface area contributed by atoms with Crippen LogP contribution in [0, 0.1) is 11.3 Å². The average Bonchev–Trinajstić information content (AvgIpc) is 3.84. The lowest BCUT2D eigenvalue weighted by Crippen LogP contribution is -2.20. The van der Waals surface area contributed by atoms with Gasteiger partial charge in [0.1, 0.15) is 25.4 Å². The highest BCUT2D eigenvalue weighted by molar-refractivity contribution is 5.94. The van der Waals surface area contributed by atoms with Crippen molar-refractivity contribution in [2.45, 2.75) is 32.3 Å². The van der Waals surface area contributed by atoms with Crippen molar-refractivity contribution >= 4 is 35.8 Å². The Hall–Kier alpha value is -4.56. The molecule has 14 nitrogen and oxygen atoms in total. The van der Waals surface area contributed by atoms with Gasteiger partial charge in [0.25, 0.3) is 0 Å². The van der Waals surface area contributed by atoms with Crippen LogP contribution in [0.2, 0.25) is 0 Å². The molecule has 3 unspecified atom stereocenters. The largest absolute Gasteiger partial charge is 0.463 e. The van der Waals surface area contributed by atoms with E-state index < -0.39 is 46.8 Å². The van der Waals surface area contributed by atoms with Gasteiger partial charge in [-0.3, -0.25) is 9.68 Å². The first kappa shape index (κ1) is 32.0. The van der Waals surface area contributed by atoms with E-state index in [4.69, 9.17) is 34.0 Å². The second-order valence-corrected chi connectivity index (χ2v) is 9.90. The number of benzene rings is 1. The molecule has 1 aromatic rings. The Morgan fingerprint density at radius 3 is 2.05 bits per heavy atom. The maximum Gasteiger partial charge on any atom is 0.365 e. The molecule has 0 radical (unpaired) electrons. The molecule has 2 saturated carbocycles. The summed E-state index contributed by atoms with van der Waals surface area (Å²) >= 11 is 0. The van der Waals surface area contributed by atoms with Crippen molar-refractivity contribution in [3.63, 3.8) is 0 Å². The van der Waals surface area contributed by atoms with E-state index >= 15 is 0 Å². The molecule has 2 aliphatic rings. The van der Waals surface area contributed by atoms with Crippen LogP contribution < -0.4 is 0 Å². The van der Waals surface area contributed by atoms with Gasteiger partial charge in [-0.15, -0.1) is 0 Å². The standard InChI is InChI=1S/C28H30O14/c1-27(26(35)39-10-9-29)14-19(27)13-23(32)37-11-12-38-24(33)17-3-5-18(6-4-17)25(34)40-16-20-15-28(20,2)41-21(30)7-8-22(31)42-36/h3-8,13,20,29,36H,9-12,14-16H2,1-2H3/b8-7+,19-13+.